The van der Waals surface area contributed by atoms with Gasteiger partial charge in [0.05, 0.1) is 130 Å². The van der Waals surface area contributed by atoms with E-state index in [1.807, 2.05) is 28.2 Å². The number of carbonyl (C=O) groups is 8. The molecule has 2 aliphatic carbocycles. The second-order valence-corrected chi connectivity index (χ2v) is 26.8. The molecule has 0 saturated heterocycles. The van der Waals surface area contributed by atoms with E-state index in [1.54, 1.807) is 94.4 Å². The van der Waals surface area contributed by atoms with Gasteiger partial charge in [0, 0.05) is 110 Å². The monoisotopic (exact) mass is 1140 g/mol. The number of quaternary nitrogens is 4. The maximum absolute atomic E-state index is 13.9. The third kappa shape index (κ3) is 18.0. The van der Waals surface area contributed by atoms with E-state index in [1.165, 1.54) is 0 Å². The first kappa shape index (κ1) is 62.8. The molecule has 2 aliphatic rings. The summed E-state index contributed by atoms with van der Waals surface area (Å²) in [6, 6.07) is 20.4. The molecule has 0 radical (unpaired) electrons. The molecule has 430 valence electrons. The zero-order chi connectivity index (χ0) is 58.4. The van der Waals surface area contributed by atoms with Crippen molar-refractivity contribution in [2.75, 3.05) is 169 Å². The van der Waals surface area contributed by atoms with Gasteiger partial charge in [0.25, 0.3) is 11.8 Å². The highest BCUT2D eigenvalue weighted by Crippen LogP contribution is 2.38. The highest BCUT2D eigenvalue weighted by molar-refractivity contribution is 8.76. The van der Waals surface area contributed by atoms with E-state index in [2.05, 4.69) is 74.2 Å². The predicted molar refractivity (Wildman–Crippen MR) is 322 cm³/mol. The standard InChI is InChI=1S/C60H80N10O8S2/c1-67(2,3)33-15-23-49(71)65-47-27-25-45(53-55(47)59(77)43-21-13-11-19-41(43)57(53)75)61-29-17-35-69(7,8)39-51(73)63-31-37-79-80-38-32-64-52(74)40-70(9,10)36-18-30-62-46-26-28-48(66-50(72)24-16-34-68(4,5)6)56-54(46)58(76)42-20-12-14-22-44(42)60(56)78/h11-14,19-22,25-28H,15-18,23-24,29-40H2,1-10H3,(H2-4,61,62,63,64,65,66,71,72,73,74,75,76,77,78)/p+4. The van der Waals surface area contributed by atoms with Crippen LogP contribution in [-0.2, 0) is 19.2 Å². The van der Waals surface area contributed by atoms with Crippen LogP contribution in [0.5, 0.6) is 0 Å². The fourth-order valence-corrected chi connectivity index (χ4v) is 11.7. The number of nitrogens with zero attached hydrogens (tertiary/aromatic N) is 4. The van der Waals surface area contributed by atoms with Crippen molar-refractivity contribution in [3.8, 4) is 0 Å². The van der Waals surface area contributed by atoms with E-state index in [0.717, 1.165) is 22.1 Å². The van der Waals surface area contributed by atoms with Gasteiger partial charge in [-0.05, 0) is 24.3 Å². The maximum Gasteiger partial charge on any atom is 0.275 e. The molecule has 0 heterocycles. The van der Waals surface area contributed by atoms with Crippen molar-refractivity contribution in [1.29, 1.82) is 0 Å². The van der Waals surface area contributed by atoms with E-state index in [4.69, 9.17) is 0 Å². The molecular weight excluding hydrogens is 1050 g/mol. The number of ketones is 4. The largest absolute Gasteiger partial charge is 0.384 e. The van der Waals surface area contributed by atoms with Crippen LogP contribution < -0.4 is 31.9 Å². The predicted octanol–water partition coefficient (Wildman–Crippen LogP) is 6.16. The molecule has 0 aromatic heterocycles. The number of hydrogen-bond donors (Lipinski definition) is 6. The van der Waals surface area contributed by atoms with Crippen LogP contribution in [0.25, 0.3) is 0 Å². The summed E-state index contributed by atoms with van der Waals surface area (Å²) in [5, 5.41) is 18.6. The molecule has 4 aromatic carbocycles. The van der Waals surface area contributed by atoms with Crippen molar-refractivity contribution in [2.24, 2.45) is 0 Å². The van der Waals surface area contributed by atoms with E-state index in [-0.39, 0.29) is 82.1 Å². The highest BCUT2D eigenvalue weighted by Gasteiger charge is 2.36. The van der Waals surface area contributed by atoms with Gasteiger partial charge in [-0.2, -0.15) is 0 Å². The molecule has 6 rings (SSSR count). The van der Waals surface area contributed by atoms with Gasteiger partial charge < -0.3 is 49.8 Å². The molecular formula is C60H84N10O8S2+4. The minimum absolute atomic E-state index is 0.0567. The second-order valence-electron chi connectivity index (χ2n) is 24.1. The number of hydrogen-bond acceptors (Lipinski definition) is 12. The number of fused-ring (bicyclic) bond motifs is 4. The fourth-order valence-electron chi connectivity index (χ4n) is 9.89. The van der Waals surface area contributed by atoms with Crippen LogP contribution in [0.4, 0.5) is 22.7 Å². The SMILES string of the molecule is C[N+](C)(C)CCCC(=O)Nc1ccc(NCCC[N+](C)(C)CC(=O)NCCSSCCNC(=O)C[N+](C)(C)CCCNc2ccc(NC(=O)CCC[N+](C)(C)C)c3c2C(=O)c2ccccc2C3=O)c2c1C(=O)c1ccccc1C2=O. The van der Waals surface area contributed by atoms with Gasteiger partial charge in [0.15, 0.2) is 36.2 Å². The molecule has 18 nitrogen and oxygen atoms in total. The van der Waals surface area contributed by atoms with Crippen LogP contribution in [0.3, 0.4) is 0 Å². The third-order valence-corrected chi connectivity index (χ3v) is 16.3. The van der Waals surface area contributed by atoms with Gasteiger partial charge in [-0.1, -0.05) is 70.1 Å². The summed E-state index contributed by atoms with van der Waals surface area (Å²) in [5.41, 5.74) is 3.89. The van der Waals surface area contributed by atoms with Crippen molar-refractivity contribution in [1.82, 2.24) is 10.6 Å². The van der Waals surface area contributed by atoms with Gasteiger partial charge in [0.1, 0.15) is 0 Å². The maximum atomic E-state index is 13.9. The minimum atomic E-state index is -0.306. The average molecular weight is 1140 g/mol. The normalized spacial score (nSPS) is 13.2. The van der Waals surface area contributed by atoms with Crippen LogP contribution in [0, 0.1) is 0 Å². The van der Waals surface area contributed by atoms with Crippen molar-refractivity contribution >= 4 is 91.1 Å². The lowest BCUT2D eigenvalue weighted by molar-refractivity contribution is -0.882. The molecule has 0 atom stereocenters. The Balaban J connectivity index is 0.864. The number of nitrogens with one attached hydrogen (secondary N) is 6. The number of rotatable bonds is 31. The van der Waals surface area contributed by atoms with Gasteiger partial charge in [-0.15, -0.1) is 0 Å². The van der Waals surface area contributed by atoms with Gasteiger partial charge in [-0.25, -0.2) is 0 Å². The first-order chi connectivity index (χ1) is 37.7. The quantitative estimate of drug-likeness (QED) is 0.0165. The van der Waals surface area contributed by atoms with Crippen LogP contribution in [0.2, 0.25) is 0 Å². The van der Waals surface area contributed by atoms with E-state index in [0.29, 0.717) is 143 Å². The van der Waals surface area contributed by atoms with Crippen LogP contribution >= 0.6 is 21.6 Å². The summed E-state index contributed by atoms with van der Waals surface area (Å²) in [4.78, 5) is 108. The summed E-state index contributed by atoms with van der Waals surface area (Å²) < 4.78 is 2.35. The third-order valence-electron chi connectivity index (χ3n) is 13.9. The summed E-state index contributed by atoms with van der Waals surface area (Å²) in [6.07, 6.45) is 3.30. The lowest BCUT2D eigenvalue weighted by Crippen LogP contribution is -2.48. The van der Waals surface area contributed by atoms with Crippen LogP contribution in [0.1, 0.15) is 102 Å². The molecule has 80 heavy (non-hydrogen) atoms. The Hall–Kier alpha value is -6.42. The summed E-state index contributed by atoms with van der Waals surface area (Å²) >= 11 is 0. The lowest BCUT2D eigenvalue weighted by atomic mass is 9.82. The van der Waals surface area contributed by atoms with Gasteiger partial charge >= 0.3 is 0 Å². The Labute approximate surface area is 480 Å². The van der Waals surface area contributed by atoms with E-state index < -0.39 is 0 Å². The van der Waals surface area contributed by atoms with Crippen LogP contribution in [-0.4, -0.2) is 212 Å². The second kappa shape index (κ2) is 27.8. The van der Waals surface area contributed by atoms with E-state index >= 15 is 0 Å². The van der Waals surface area contributed by atoms with Crippen molar-refractivity contribution < 1.29 is 56.3 Å². The van der Waals surface area contributed by atoms with Gasteiger partial charge in [-0.3, -0.25) is 38.4 Å². The smallest absolute Gasteiger partial charge is 0.275 e. The lowest BCUT2D eigenvalue weighted by Gasteiger charge is -2.29. The zero-order valence-electron chi connectivity index (χ0n) is 48.5. The molecule has 4 amide bonds. The summed E-state index contributed by atoms with van der Waals surface area (Å²) in [5.74, 6) is -0.293. The Morgan fingerprint density at radius 3 is 1.02 bits per heavy atom. The minimum Gasteiger partial charge on any atom is -0.384 e. The molecule has 0 aliphatic heterocycles. The first-order valence-corrected chi connectivity index (χ1v) is 30.0. The molecule has 0 unspecified atom stereocenters. The number of likely N-dealkylation sites (N-methyl/N-ethyl adjacent to an activating group) is 2. The highest BCUT2D eigenvalue weighted by atomic mass is 33.1. The Morgan fingerprint density at radius 2 is 0.700 bits per heavy atom. The molecule has 0 bridgehead atoms. The number of anilines is 4. The van der Waals surface area contributed by atoms with Crippen molar-refractivity contribution in [2.45, 2.75) is 38.5 Å². The summed E-state index contributed by atoms with van der Waals surface area (Å²) in [6.45, 7) is 5.53. The Kier molecular flexibility index (Phi) is 21.8. The fraction of sp³-hybridized carbons (Fsp3) is 0.467. The Bertz CT molecular complexity index is 2770. The van der Waals surface area contributed by atoms with Crippen molar-refractivity contribution in [3.05, 3.63) is 117 Å². The summed E-state index contributed by atoms with van der Waals surface area (Å²) in [7, 11) is 23.6. The number of benzene rings is 4. The van der Waals surface area contributed by atoms with Gasteiger partial charge in [0.2, 0.25) is 11.8 Å². The Morgan fingerprint density at radius 1 is 0.388 bits per heavy atom. The average Bonchev–Trinajstić information content (AvgIpc) is 3.54. The topological polar surface area (TPSA) is 209 Å². The molecule has 6 N–H and O–H groups in total. The molecule has 20 heteroatoms. The van der Waals surface area contributed by atoms with E-state index in [9.17, 15) is 38.4 Å². The molecule has 0 saturated carbocycles. The number of amides is 4. The molecule has 0 fully saturated rings. The van der Waals surface area contributed by atoms with Crippen molar-refractivity contribution in [3.63, 3.8) is 0 Å². The first-order valence-electron chi connectivity index (χ1n) is 27.6. The molecule has 0 spiro atoms. The zero-order valence-corrected chi connectivity index (χ0v) is 50.2. The number of carbonyl (C=O) groups excluding carboxylic acids is 8. The molecule has 4 aromatic rings. The van der Waals surface area contributed by atoms with Crippen LogP contribution in [0.15, 0.2) is 72.8 Å².